The lowest BCUT2D eigenvalue weighted by Gasteiger charge is -2.00. The van der Waals surface area contributed by atoms with Gasteiger partial charge in [0.2, 0.25) is 0 Å². The van der Waals surface area contributed by atoms with Gasteiger partial charge < -0.3 is 5.32 Å². The van der Waals surface area contributed by atoms with Crippen molar-refractivity contribution in [2.24, 2.45) is 0 Å². The molecule has 0 saturated carbocycles. The highest BCUT2D eigenvalue weighted by Gasteiger charge is 2.10. The van der Waals surface area contributed by atoms with Crippen molar-refractivity contribution in [3.05, 3.63) is 23.8 Å². The predicted octanol–water partition coefficient (Wildman–Crippen LogP) is 1.94. The Labute approximate surface area is 65.9 Å². The largest absolute Gasteiger partial charge is 0.384 e. The van der Waals surface area contributed by atoms with E-state index >= 15 is 0 Å². The quantitative estimate of drug-likeness (QED) is 0.540. The van der Waals surface area contributed by atoms with Crippen LogP contribution < -0.4 is 5.32 Å². The van der Waals surface area contributed by atoms with Gasteiger partial charge in [0.25, 0.3) is 0 Å². The second-order valence-corrected chi connectivity index (χ2v) is 2.97. The number of thiol groups is 1. The average molecular weight is 151 g/mol. The van der Waals surface area contributed by atoms with E-state index in [0.29, 0.717) is 0 Å². The van der Waals surface area contributed by atoms with Gasteiger partial charge in [-0.2, -0.15) is 0 Å². The molecule has 1 aromatic rings. The monoisotopic (exact) mass is 151 g/mol. The van der Waals surface area contributed by atoms with Crippen molar-refractivity contribution in [2.75, 3.05) is 11.9 Å². The van der Waals surface area contributed by atoms with E-state index in [4.69, 9.17) is 0 Å². The third kappa shape index (κ3) is 0.797. The van der Waals surface area contributed by atoms with Crippen molar-refractivity contribution in [2.45, 2.75) is 11.3 Å². The molecular weight excluding hydrogens is 142 g/mol. The predicted molar refractivity (Wildman–Crippen MR) is 45.9 cm³/mol. The number of anilines is 1. The average Bonchev–Trinajstić information content (AvgIpc) is 2.36. The molecule has 2 rings (SSSR count). The highest BCUT2D eigenvalue weighted by atomic mass is 32.1. The molecule has 0 aliphatic carbocycles. The number of para-hydroxylation sites is 1. The van der Waals surface area contributed by atoms with Crippen LogP contribution in [0.4, 0.5) is 5.69 Å². The minimum absolute atomic E-state index is 1.06. The molecule has 0 aromatic heterocycles. The summed E-state index contributed by atoms with van der Waals surface area (Å²) in [5.74, 6) is 0. The summed E-state index contributed by atoms with van der Waals surface area (Å²) in [6.45, 7) is 1.06. The molecule has 52 valence electrons. The lowest BCUT2D eigenvalue weighted by Crippen LogP contribution is -1.91. The third-order valence-corrected chi connectivity index (χ3v) is 2.20. The van der Waals surface area contributed by atoms with E-state index < -0.39 is 0 Å². The fourth-order valence-corrected chi connectivity index (χ4v) is 1.63. The Morgan fingerprint density at radius 2 is 2.30 bits per heavy atom. The fraction of sp³-hybridized carbons (Fsp3) is 0.250. The SMILES string of the molecule is Sc1cccc2c1NCC2. The van der Waals surface area contributed by atoms with E-state index in [1.165, 1.54) is 11.3 Å². The zero-order valence-electron chi connectivity index (χ0n) is 5.59. The molecule has 0 spiro atoms. The van der Waals surface area contributed by atoms with Crippen LogP contribution in [0.2, 0.25) is 0 Å². The van der Waals surface area contributed by atoms with E-state index in [1.54, 1.807) is 0 Å². The van der Waals surface area contributed by atoms with Crippen LogP contribution in [0.5, 0.6) is 0 Å². The Balaban J connectivity index is 2.59. The van der Waals surface area contributed by atoms with E-state index in [9.17, 15) is 0 Å². The molecule has 0 radical (unpaired) electrons. The van der Waals surface area contributed by atoms with Crippen LogP contribution in [0.1, 0.15) is 5.56 Å². The molecule has 0 amide bonds. The molecule has 0 fully saturated rings. The number of nitrogens with one attached hydrogen (secondary N) is 1. The van der Waals surface area contributed by atoms with Crippen molar-refractivity contribution >= 4 is 18.3 Å². The Morgan fingerprint density at radius 1 is 1.40 bits per heavy atom. The summed E-state index contributed by atoms with van der Waals surface area (Å²) in [5, 5.41) is 3.29. The molecule has 1 heterocycles. The molecule has 0 atom stereocenters. The van der Waals surface area contributed by atoms with Crippen molar-refractivity contribution in [3.8, 4) is 0 Å². The topological polar surface area (TPSA) is 12.0 Å². The minimum Gasteiger partial charge on any atom is -0.384 e. The van der Waals surface area contributed by atoms with Crippen LogP contribution in [-0.2, 0) is 6.42 Å². The first-order valence-corrected chi connectivity index (χ1v) is 3.87. The van der Waals surface area contributed by atoms with Crippen LogP contribution in [0.25, 0.3) is 0 Å². The number of benzene rings is 1. The Kier molecular flexibility index (Phi) is 1.34. The van der Waals surface area contributed by atoms with Crippen LogP contribution in [-0.4, -0.2) is 6.54 Å². The molecule has 10 heavy (non-hydrogen) atoms. The summed E-state index contributed by atoms with van der Waals surface area (Å²) in [5.41, 5.74) is 2.62. The Morgan fingerprint density at radius 3 is 3.10 bits per heavy atom. The molecule has 0 saturated heterocycles. The van der Waals surface area contributed by atoms with Crippen molar-refractivity contribution in [1.82, 2.24) is 0 Å². The van der Waals surface area contributed by atoms with E-state index in [-0.39, 0.29) is 0 Å². The van der Waals surface area contributed by atoms with E-state index in [0.717, 1.165) is 17.9 Å². The van der Waals surface area contributed by atoms with Gasteiger partial charge in [0.15, 0.2) is 0 Å². The normalized spacial score (nSPS) is 14.5. The summed E-state index contributed by atoms with van der Waals surface area (Å²) in [7, 11) is 0. The van der Waals surface area contributed by atoms with Gasteiger partial charge in [0.1, 0.15) is 0 Å². The summed E-state index contributed by atoms with van der Waals surface area (Å²) < 4.78 is 0. The molecule has 1 nitrogen and oxygen atoms in total. The molecule has 1 aliphatic heterocycles. The van der Waals surface area contributed by atoms with E-state index in [2.05, 4.69) is 24.0 Å². The number of hydrogen-bond donors (Lipinski definition) is 2. The first-order valence-electron chi connectivity index (χ1n) is 3.42. The summed E-state index contributed by atoms with van der Waals surface area (Å²) in [6.07, 6.45) is 1.14. The van der Waals surface area contributed by atoms with Gasteiger partial charge in [-0.3, -0.25) is 0 Å². The molecule has 1 aliphatic rings. The van der Waals surface area contributed by atoms with Gasteiger partial charge >= 0.3 is 0 Å². The summed E-state index contributed by atoms with van der Waals surface area (Å²) >= 11 is 4.33. The molecule has 1 aromatic carbocycles. The maximum atomic E-state index is 4.33. The molecule has 1 N–H and O–H groups in total. The zero-order valence-corrected chi connectivity index (χ0v) is 6.49. The second-order valence-electron chi connectivity index (χ2n) is 2.49. The first kappa shape index (κ1) is 6.10. The van der Waals surface area contributed by atoms with Crippen LogP contribution in [0, 0.1) is 0 Å². The standard InChI is InChI=1S/C8H9NS/c10-7-3-1-2-6-4-5-9-8(6)7/h1-3,9-10H,4-5H2. The van der Waals surface area contributed by atoms with Gasteiger partial charge in [-0.25, -0.2) is 0 Å². The Bertz CT molecular complexity index is 257. The van der Waals surface area contributed by atoms with Gasteiger partial charge in [-0.1, -0.05) is 12.1 Å². The lowest BCUT2D eigenvalue weighted by molar-refractivity contribution is 1.11. The maximum absolute atomic E-state index is 4.33. The number of hydrogen-bond acceptors (Lipinski definition) is 2. The smallest absolute Gasteiger partial charge is 0.0509 e. The van der Waals surface area contributed by atoms with Gasteiger partial charge in [0.05, 0.1) is 5.69 Å². The molecule has 0 bridgehead atoms. The van der Waals surface area contributed by atoms with Crippen LogP contribution in [0.3, 0.4) is 0 Å². The van der Waals surface area contributed by atoms with Crippen molar-refractivity contribution in [1.29, 1.82) is 0 Å². The Hall–Kier alpha value is -0.630. The van der Waals surface area contributed by atoms with Crippen molar-refractivity contribution < 1.29 is 0 Å². The molecule has 0 unspecified atom stereocenters. The van der Waals surface area contributed by atoms with Crippen molar-refractivity contribution in [3.63, 3.8) is 0 Å². The fourth-order valence-electron chi connectivity index (χ4n) is 1.32. The lowest BCUT2D eigenvalue weighted by atomic mass is 10.2. The van der Waals surface area contributed by atoms with Gasteiger partial charge in [0, 0.05) is 11.4 Å². The number of rotatable bonds is 0. The highest BCUT2D eigenvalue weighted by Crippen LogP contribution is 2.28. The van der Waals surface area contributed by atoms with E-state index in [1.807, 2.05) is 12.1 Å². The molecular formula is C8H9NS. The third-order valence-electron chi connectivity index (χ3n) is 1.82. The zero-order chi connectivity index (χ0) is 6.97. The van der Waals surface area contributed by atoms with Gasteiger partial charge in [-0.05, 0) is 18.1 Å². The maximum Gasteiger partial charge on any atom is 0.0509 e. The number of fused-ring (bicyclic) bond motifs is 1. The van der Waals surface area contributed by atoms with Crippen LogP contribution in [0.15, 0.2) is 23.1 Å². The first-order chi connectivity index (χ1) is 4.88. The summed E-state index contributed by atoms with van der Waals surface area (Å²) in [4.78, 5) is 1.06. The molecule has 2 heteroatoms. The minimum atomic E-state index is 1.06. The second kappa shape index (κ2) is 2.20. The summed E-state index contributed by atoms with van der Waals surface area (Å²) in [6, 6.07) is 6.21. The van der Waals surface area contributed by atoms with Crippen LogP contribution >= 0.6 is 12.6 Å². The van der Waals surface area contributed by atoms with Gasteiger partial charge in [-0.15, -0.1) is 12.6 Å². The highest BCUT2D eigenvalue weighted by molar-refractivity contribution is 7.80.